The molecular formula is C14H24IN3O. The molecule has 19 heavy (non-hydrogen) atoms. The molecule has 0 aromatic heterocycles. The van der Waals surface area contributed by atoms with Crippen LogP contribution in [0.25, 0.3) is 0 Å². The Morgan fingerprint density at radius 2 is 2.05 bits per heavy atom. The van der Waals surface area contributed by atoms with Gasteiger partial charge in [0.05, 0.1) is 0 Å². The highest BCUT2D eigenvalue weighted by molar-refractivity contribution is 14.0. The van der Waals surface area contributed by atoms with E-state index in [2.05, 4.69) is 36.3 Å². The molecule has 0 amide bonds. The lowest BCUT2D eigenvalue weighted by Gasteiger charge is -2.10. The molecule has 0 bridgehead atoms. The van der Waals surface area contributed by atoms with Gasteiger partial charge in [0.1, 0.15) is 0 Å². The van der Waals surface area contributed by atoms with Crippen molar-refractivity contribution in [1.29, 1.82) is 0 Å². The highest BCUT2D eigenvalue weighted by atomic mass is 127. The maximum absolute atomic E-state index is 8.90. The van der Waals surface area contributed by atoms with Crippen molar-refractivity contribution < 1.29 is 5.11 Å². The highest BCUT2D eigenvalue weighted by Crippen LogP contribution is 2.18. The molecule has 1 rings (SSSR count). The number of aliphatic hydroxyl groups is 1. The van der Waals surface area contributed by atoms with Gasteiger partial charge in [-0.25, -0.2) is 0 Å². The van der Waals surface area contributed by atoms with E-state index >= 15 is 0 Å². The van der Waals surface area contributed by atoms with Crippen LogP contribution in [0.4, 0.5) is 5.69 Å². The number of nitrogens with two attached hydrogens (primary N) is 1. The number of halogens is 1. The lowest BCUT2D eigenvalue weighted by molar-refractivity contribution is 0.242. The summed E-state index contributed by atoms with van der Waals surface area (Å²) in [5.41, 5.74) is 8.00. The van der Waals surface area contributed by atoms with Crippen LogP contribution in [0.5, 0.6) is 0 Å². The third kappa shape index (κ3) is 6.77. The van der Waals surface area contributed by atoms with E-state index in [1.165, 1.54) is 5.56 Å². The Morgan fingerprint density at radius 1 is 1.37 bits per heavy atom. The van der Waals surface area contributed by atoms with Gasteiger partial charge in [-0.1, -0.05) is 32.9 Å². The minimum Gasteiger partial charge on any atom is -0.396 e. The molecule has 1 aromatic rings. The number of aliphatic imine (C=N–C) groups is 1. The SMILES string of the molecule is CC(CO)CN=C(N)Nc1cccc(C(C)C)c1.I. The third-order valence-corrected chi connectivity index (χ3v) is 2.71. The molecule has 0 saturated heterocycles. The Morgan fingerprint density at radius 3 is 2.63 bits per heavy atom. The summed E-state index contributed by atoms with van der Waals surface area (Å²) in [5.74, 6) is 1.00. The second-order valence-corrected chi connectivity index (χ2v) is 4.92. The summed E-state index contributed by atoms with van der Waals surface area (Å²) in [4.78, 5) is 4.19. The number of hydrogen-bond donors (Lipinski definition) is 3. The maximum Gasteiger partial charge on any atom is 0.193 e. The van der Waals surface area contributed by atoms with Crippen LogP contribution >= 0.6 is 24.0 Å². The van der Waals surface area contributed by atoms with Gasteiger partial charge in [0.2, 0.25) is 0 Å². The van der Waals surface area contributed by atoms with E-state index in [4.69, 9.17) is 10.8 Å². The van der Waals surface area contributed by atoms with Gasteiger partial charge in [0.25, 0.3) is 0 Å². The number of nitrogens with one attached hydrogen (secondary N) is 1. The van der Waals surface area contributed by atoms with Gasteiger partial charge in [-0.3, -0.25) is 4.99 Å². The molecule has 4 nitrogen and oxygen atoms in total. The first kappa shape index (κ1) is 18.2. The molecule has 0 radical (unpaired) electrons. The maximum atomic E-state index is 8.90. The number of aliphatic hydroxyl groups excluding tert-OH is 1. The quantitative estimate of drug-likeness (QED) is 0.420. The van der Waals surface area contributed by atoms with Gasteiger partial charge in [-0.05, 0) is 29.5 Å². The van der Waals surface area contributed by atoms with Gasteiger partial charge >= 0.3 is 0 Å². The van der Waals surface area contributed by atoms with Gasteiger partial charge in [0, 0.05) is 18.8 Å². The van der Waals surface area contributed by atoms with Crippen molar-refractivity contribution in [2.75, 3.05) is 18.5 Å². The zero-order chi connectivity index (χ0) is 13.5. The first-order valence-electron chi connectivity index (χ1n) is 6.30. The number of guanidine groups is 1. The minimum absolute atomic E-state index is 0. The summed E-state index contributed by atoms with van der Waals surface area (Å²) in [6, 6.07) is 8.13. The van der Waals surface area contributed by atoms with Crippen molar-refractivity contribution in [3.63, 3.8) is 0 Å². The van der Waals surface area contributed by atoms with Crippen LogP contribution in [0.3, 0.4) is 0 Å². The van der Waals surface area contributed by atoms with Crippen LogP contribution in [-0.4, -0.2) is 24.2 Å². The van der Waals surface area contributed by atoms with E-state index in [1.54, 1.807) is 0 Å². The number of anilines is 1. The number of rotatable bonds is 5. The van der Waals surface area contributed by atoms with Crippen LogP contribution in [0, 0.1) is 5.92 Å². The number of benzene rings is 1. The molecule has 4 N–H and O–H groups in total. The molecule has 5 heteroatoms. The predicted molar refractivity (Wildman–Crippen MR) is 92.3 cm³/mol. The van der Waals surface area contributed by atoms with Crippen molar-refractivity contribution >= 4 is 35.6 Å². The van der Waals surface area contributed by atoms with Crippen molar-refractivity contribution in [3.8, 4) is 0 Å². The Balaban J connectivity index is 0.00000324. The van der Waals surface area contributed by atoms with Crippen molar-refractivity contribution in [2.24, 2.45) is 16.6 Å². The van der Waals surface area contributed by atoms with E-state index in [-0.39, 0.29) is 36.5 Å². The number of hydrogen-bond acceptors (Lipinski definition) is 2. The molecule has 1 unspecified atom stereocenters. The third-order valence-electron chi connectivity index (χ3n) is 2.71. The van der Waals surface area contributed by atoms with Gasteiger partial charge in [0.15, 0.2) is 5.96 Å². The Hall–Kier alpha value is -0.820. The average molecular weight is 377 g/mol. The molecule has 0 aliphatic carbocycles. The van der Waals surface area contributed by atoms with Gasteiger partial charge in [-0.15, -0.1) is 24.0 Å². The molecule has 0 spiro atoms. The largest absolute Gasteiger partial charge is 0.396 e. The average Bonchev–Trinajstić information content (AvgIpc) is 2.36. The fourth-order valence-electron chi connectivity index (χ4n) is 1.47. The predicted octanol–water partition coefficient (Wildman–Crippen LogP) is 2.78. The van der Waals surface area contributed by atoms with Crippen molar-refractivity contribution in [3.05, 3.63) is 29.8 Å². The fraction of sp³-hybridized carbons (Fsp3) is 0.500. The summed E-state index contributed by atoms with van der Waals surface area (Å²) >= 11 is 0. The van der Waals surface area contributed by atoms with Crippen LogP contribution in [0.15, 0.2) is 29.3 Å². The summed E-state index contributed by atoms with van der Waals surface area (Å²) in [6.07, 6.45) is 0. The highest BCUT2D eigenvalue weighted by Gasteiger charge is 2.02. The van der Waals surface area contributed by atoms with E-state index in [9.17, 15) is 0 Å². The summed E-state index contributed by atoms with van der Waals surface area (Å²) in [7, 11) is 0. The molecule has 0 heterocycles. The van der Waals surface area contributed by atoms with Crippen molar-refractivity contribution in [1.82, 2.24) is 0 Å². The molecular weight excluding hydrogens is 353 g/mol. The number of nitrogens with zero attached hydrogens (tertiary/aromatic N) is 1. The first-order chi connectivity index (χ1) is 8.52. The Bertz CT molecular complexity index is 407. The molecule has 108 valence electrons. The van der Waals surface area contributed by atoms with Gasteiger partial charge in [-0.2, -0.15) is 0 Å². The molecule has 0 saturated carbocycles. The summed E-state index contributed by atoms with van der Waals surface area (Å²) < 4.78 is 0. The molecule has 0 aliphatic heterocycles. The van der Waals surface area contributed by atoms with Crippen LogP contribution < -0.4 is 11.1 Å². The Labute approximate surface area is 132 Å². The fourth-order valence-corrected chi connectivity index (χ4v) is 1.47. The second-order valence-electron chi connectivity index (χ2n) is 4.92. The van der Waals surface area contributed by atoms with E-state index in [0.29, 0.717) is 18.4 Å². The molecule has 0 aliphatic rings. The van der Waals surface area contributed by atoms with Crippen molar-refractivity contribution in [2.45, 2.75) is 26.7 Å². The van der Waals surface area contributed by atoms with E-state index in [0.717, 1.165) is 5.69 Å². The lowest BCUT2D eigenvalue weighted by Crippen LogP contribution is -2.24. The first-order valence-corrected chi connectivity index (χ1v) is 6.30. The monoisotopic (exact) mass is 377 g/mol. The zero-order valence-electron chi connectivity index (χ0n) is 11.8. The van der Waals surface area contributed by atoms with Gasteiger partial charge < -0.3 is 16.2 Å². The standard InChI is InChI=1S/C14H23N3O.HI/c1-10(2)12-5-4-6-13(7-12)17-14(15)16-8-11(3)9-18;/h4-7,10-11,18H,8-9H2,1-3H3,(H3,15,16,17);1H. The molecule has 1 aromatic carbocycles. The van der Waals surface area contributed by atoms with Crippen LogP contribution in [0.2, 0.25) is 0 Å². The van der Waals surface area contributed by atoms with Crippen LogP contribution in [-0.2, 0) is 0 Å². The van der Waals surface area contributed by atoms with Crippen LogP contribution in [0.1, 0.15) is 32.3 Å². The lowest BCUT2D eigenvalue weighted by atomic mass is 10.0. The summed E-state index contributed by atoms with van der Waals surface area (Å²) in [5, 5.41) is 12.0. The molecule has 0 fully saturated rings. The van der Waals surface area contributed by atoms with E-state index in [1.807, 2.05) is 19.1 Å². The second kappa shape index (κ2) is 9.14. The molecule has 1 atom stereocenters. The normalized spacial score (nSPS) is 13.0. The topological polar surface area (TPSA) is 70.6 Å². The summed E-state index contributed by atoms with van der Waals surface area (Å²) in [6.45, 7) is 6.88. The zero-order valence-corrected chi connectivity index (χ0v) is 14.1. The minimum atomic E-state index is 0. The Kier molecular flexibility index (Phi) is 8.75. The van der Waals surface area contributed by atoms with E-state index < -0.39 is 0 Å². The smallest absolute Gasteiger partial charge is 0.193 e.